The Hall–Kier alpha value is -3.90. The van der Waals surface area contributed by atoms with Crippen molar-refractivity contribution in [2.45, 2.75) is 38.7 Å². The van der Waals surface area contributed by atoms with Crippen LogP contribution in [0.1, 0.15) is 42.6 Å². The van der Waals surface area contributed by atoms with E-state index in [0.29, 0.717) is 31.9 Å². The number of anilines is 1. The molecule has 1 aromatic carbocycles. The number of aliphatic hydroxyl groups excluding tert-OH is 2. The lowest BCUT2D eigenvalue weighted by Gasteiger charge is -2.55. The molecule has 0 saturated carbocycles. The molecule has 0 spiro atoms. The number of aliphatic hydroxyl groups is 3. The van der Waals surface area contributed by atoms with Gasteiger partial charge in [-0.05, 0) is 24.5 Å². The number of benzene rings is 1. The molecule has 0 radical (unpaired) electrons. The first-order valence-electron chi connectivity index (χ1n) is 12.2. The number of nitrogens with zero attached hydrogens (tertiary/aromatic N) is 1. The molecule has 12 heteroatoms. The van der Waals surface area contributed by atoms with Gasteiger partial charge in [0.1, 0.15) is 17.1 Å². The topological polar surface area (TPSA) is 200 Å². The van der Waals surface area contributed by atoms with Crippen molar-refractivity contribution in [3.63, 3.8) is 0 Å². The summed E-state index contributed by atoms with van der Waals surface area (Å²) in [5.74, 6) is -5.43. The number of hydrogen-bond donors (Lipinski definition) is 6. The molecule has 0 bridgehead atoms. The van der Waals surface area contributed by atoms with Crippen LogP contribution in [0.5, 0.6) is 5.75 Å². The first-order valence-corrected chi connectivity index (χ1v) is 12.2. The van der Waals surface area contributed by atoms with E-state index in [2.05, 4.69) is 5.32 Å². The van der Waals surface area contributed by atoms with E-state index >= 15 is 0 Å². The average Bonchev–Trinajstić information content (AvgIpc) is 2.83. The zero-order valence-corrected chi connectivity index (χ0v) is 21.0. The smallest absolute Gasteiger partial charge is 0.322 e. The van der Waals surface area contributed by atoms with Crippen LogP contribution in [0.25, 0.3) is 0 Å². The lowest BCUT2D eigenvalue weighted by atomic mass is 9.48. The van der Waals surface area contributed by atoms with Crippen LogP contribution in [0.2, 0.25) is 0 Å². The summed E-state index contributed by atoms with van der Waals surface area (Å²) in [6, 6.07) is 2.59. The predicted octanol–water partition coefficient (Wildman–Crippen LogP) is 1.22. The normalized spacial score (nSPS) is 31.0. The Morgan fingerprint density at radius 2 is 1.74 bits per heavy atom. The van der Waals surface area contributed by atoms with Crippen molar-refractivity contribution < 1.29 is 44.3 Å². The number of morpholine rings is 1. The summed E-state index contributed by atoms with van der Waals surface area (Å²) >= 11 is 0. The number of Topliss-reactive ketones (excluding diaryl/α,β-unsaturated/α-hetero) is 2. The molecule has 0 aromatic heterocycles. The van der Waals surface area contributed by atoms with Crippen molar-refractivity contribution in [3.8, 4) is 5.75 Å². The Labute approximate surface area is 217 Å². The summed E-state index contributed by atoms with van der Waals surface area (Å²) in [6.07, 6.45) is -0.204. The number of rotatable bonds is 2. The largest absolute Gasteiger partial charge is 0.511 e. The van der Waals surface area contributed by atoms with E-state index in [1.807, 2.05) is 0 Å². The molecule has 202 valence electrons. The molecule has 3 aliphatic carbocycles. The Morgan fingerprint density at radius 1 is 1.08 bits per heavy atom. The number of fused-ring (bicyclic) bond motifs is 3. The number of aromatic hydroxyl groups is 1. The molecule has 1 saturated heterocycles. The van der Waals surface area contributed by atoms with Gasteiger partial charge in [-0.3, -0.25) is 14.4 Å². The van der Waals surface area contributed by atoms with Crippen molar-refractivity contribution in [3.05, 3.63) is 45.9 Å². The van der Waals surface area contributed by atoms with Gasteiger partial charge in [0.15, 0.2) is 17.1 Å². The highest BCUT2D eigenvalue weighted by Gasteiger charge is 2.67. The molecule has 7 N–H and O–H groups in total. The number of allylic oxidation sites excluding steroid dienone is 2. The Bertz CT molecular complexity index is 1380. The van der Waals surface area contributed by atoms with Crippen LogP contribution in [0.3, 0.4) is 0 Å². The highest BCUT2D eigenvalue weighted by atomic mass is 16.5. The van der Waals surface area contributed by atoms with Gasteiger partial charge in [-0.15, -0.1) is 0 Å². The third-order valence-corrected chi connectivity index (χ3v) is 8.32. The molecular formula is C26H29N3O9. The molecule has 4 aliphatic rings. The number of phenols is 1. The van der Waals surface area contributed by atoms with Gasteiger partial charge in [0, 0.05) is 35.9 Å². The molecule has 0 unspecified atom stereocenters. The van der Waals surface area contributed by atoms with E-state index in [0.717, 1.165) is 0 Å². The molecule has 38 heavy (non-hydrogen) atoms. The third kappa shape index (κ3) is 3.36. The van der Waals surface area contributed by atoms with Crippen LogP contribution in [-0.2, 0) is 20.7 Å². The van der Waals surface area contributed by atoms with E-state index in [1.54, 1.807) is 13.0 Å². The summed E-state index contributed by atoms with van der Waals surface area (Å²) in [5.41, 5.74) is -0.863. The van der Waals surface area contributed by atoms with Gasteiger partial charge in [-0.1, -0.05) is 19.9 Å². The van der Waals surface area contributed by atoms with Gasteiger partial charge in [-0.25, -0.2) is 4.79 Å². The van der Waals surface area contributed by atoms with Crippen molar-refractivity contribution in [2.24, 2.45) is 16.6 Å². The van der Waals surface area contributed by atoms with Crippen molar-refractivity contribution in [2.75, 3.05) is 31.6 Å². The van der Waals surface area contributed by atoms with E-state index in [1.165, 1.54) is 17.9 Å². The van der Waals surface area contributed by atoms with Gasteiger partial charge in [0.2, 0.25) is 5.78 Å². The lowest BCUT2D eigenvalue weighted by molar-refractivity contribution is -0.159. The number of ketones is 2. The fraction of sp³-hybridized carbons (Fsp3) is 0.462. The summed E-state index contributed by atoms with van der Waals surface area (Å²) in [4.78, 5) is 53.2. The first kappa shape index (κ1) is 25.7. The number of nitrogens with one attached hydrogen (secondary N) is 1. The number of hydrogen-bond acceptors (Lipinski definition) is 9. The monoisotopic (exact) mass is 527 g/mol. The van der Waals surface area contributed by atoms with Gasteiger partial charge in [0.05, 0.1) is 24.5 Å². The second kappa shape index (κ2) is 8.30. The average molecular weight is 528 g/mol. The molecule has 1 heterocycles. The molecule has 12 nitrogen and oxygen atoms in total. The second-order valence-electron chi connectivity index (χ2n) is 11.0. The van der Waals surface area contributed by atoms with Crippen LogP contribution >= 0.6 is 0 Å². The summed E-state index contributed by atoms with van der Waals surface area (Å²) in [7, 11) is 0. The third-order valence-electron chi connectivity index (χ3n) is 8.32. The zero-order chi connectivity index (χ0) is 27.8. The highest BCUT2D eigenvalue weighted by molar-refractivity contribution is 6.25. The molecule has 3 amide bonds. The Kier molecular flexibility index (Phi) is 5.62. The van der Waals surface area contributed by atoms with E-state index in [9.17, 15) is 39.6 Å². The fourth-order valence-electron chi connectivity index (χ4n) is 6.60. The Balaban J connectivity index is 1.60. The van der Waals surface area contributed by atoms with E-state index < -0.39 is 62.8 Å². The van der Waals surface area contributed by atoms with E-state index in [-0.39, 0.29) is 36.1 Å². The fourth-order valence-corrected chi connectivity index (χ4v) is 6.60. The van der Waals surface area contributed by atoms with Crippen LogP contribution in [0.15, 0.2) is 34.8 Å². The molecule has 1 fully saturated rings. The highest BCUT2D eigenvalue weighted by Crippen LogP contribution is 2.62. The quantitative estimate of drug-likeness (QED) is 0.242. The standard InChI is InChI=1S/C26H29N3O9/c1-24-9-12-3-4-13(28-23(36)29-5-7-38-8-6-29)18(31)15(12)19(32)17(24)21(34)26(37)20(33)16(22(27)35)14(30)10-25(26,2)11-24/h3-4,30-31,34,37H,5-11H2,1-2H3,(H2,27,35)(H,28,36)/t24-,25+,26+/m0/s1. The summed E-state index contributed by atoms with van der Waals surface area (Å²) in [6.45, 7) is 4.64. The maximum absolute atomic E-state index is 13.8. The number of ether oxygens (including phenoxy) is 1. The predicted molar refractivity (Wildman–Crippen MR) is 131 cm³/mol. The van der Waals surface area contributed by atoms with Crippen LogP contribution in [0.4, 0.5) is 10.5 Å². The van der Waals surface area contributed by atoms with E-state index in [4.69, 9.17) is 10.5 Å². The maximum atomic E-state index is 13.8. The second-order valence-corrected chi connectivity index (χ2v) is 11.0. The molecule has 3 atom stereocenters. The van der Waals surface area contributed by atoms with Gasteiger partial charge < -0.3 is 41.1 Å². The number of phenolic OH excluding ortho intramolecular Hbond substituents is 1. The number of carbonyl (C=O) groups excluding carboxylic acids is 4. The van der Waals surface area contributed by atoms with Crippen molar-refractivity contribution in [1.82, 2.24) is 4.90 Å². The molecule has 1 aliphatic heterocycles. The van der Waals surface area contributed by atoms with Gasteiger partial charge in [0.25, 0.3) is 5.91 Å². The lowest BCUT2D eigenvalue weighted by Crippen LogP contribution is -2.64. The van der Waals surface area contributed by atoms with Crippen molar-refractivity contribution >= 4 is 29.2 Å². The van der Waals surface area contributed by atoms with Gasteiger partial charge >= 0.3 is 6.03 Å². The minimum atomic E-state index is -2.70. The van der Waals surface area contributed by atoms with Crippen molar-refractivity contribution in [1.29, 1.82) is 0 Å². The van der Waals surface area contributed by atoms with Crippen LogP contribution < -0.4 is 11.1 Å². The number of nitrogens with two attached hydrogens (primary N) is 1. The number of urea groups is 1. The van der Waals surface area contributed by atoms with Crippen LogP contribution in [-0.4, -0.2) is 80.7 Å². The molecule has 1 aromatic rings. The number of primary amides is 1. The first-order chi connectivity index (χ1) is 17.7. The molecular weight excluding hydrogens is 498 g/mol. The number of amides is 3. The maximum Gasteiger partial charge on any atom is 0.322 e. The minimum Gasteiger partial charge on any atom is -0.511 e. The molecule has 5 rings (SSSR count). The minimum absolute atomic E-state index is 0.0147. The van der Waals surface area contributed by atoms with Crippen LogP contribution in [0, 0.1) is 10.8 Å². The summed E-state index contributed by atoms with van der Waals surface area (Å²) in [5, 5.41) is 47.1. The Morgan fingerprint density at radius 3 is 2.37 bits per heavy atom. The van der Waals surface area contributed by atoms with Gasteiger partial charge in [-0.2, -0.15) is 0 Å². The number of carbonyl (C=O) groups is 4. The SMILES string of the molecule is C[C@@]12Cc3ccc(NC(=O)N4CCOCC4)c(O)c3C(=O)C1=C(O)[C@]1(O)C(=O)C(C(N)=O)=C(O)C[C@]1(C)C2. The summed E-state index contributed by atoms with van der Waals surface area (Å²) < 4.78 is 5.24. The zero-order valence-electron chi connectivity index (χ0n) is 21.0.